The van der Waals surface area contributed by atoms with Crippen molar-refractivity contribution >= 4 is 38.9 Å². The van der Waals surface area contributed by atoms with Gasteiger partial charge < -0.3 is 24.5 Å². The van der Waals surface area contributed by atoms with Crippen LogP contribution in [-0.2, 0) is 21.3 Å². The van der Waals surface area contributed by atoms with E-state index >= 15 is 0 Å². The number of benzene rings is 1. The number of ether oxygens (including phenoxy) is 2. The van der Waals surface area contributed by atoms with Gasteiger partial charge in [0.05, 0.1) is 16.7 Å². The fourth-order valence-corrected chi connectivity index (χ4v) is 3.97. The Morgan fingerprint density at radius 2 is 2.07 bits per heavy atom. The summed E-state index contributed by atoms with van der Waals surface area (Å²) in [5.74, 6) is -1.48. The molecule has 0 radical (unpaired) electrons. The van der Waals surface area contributed by atoms with E-state index in [1.165, 1.54) is 0 Å². The number of aromatic nitrogens is 1. The molecule has 7 nitrogen and oxygen atoms in total. The third kappa shape index (κ3) is 3.82. The minimum atomic E-state index is -1.15. The number of carbonyl (C=O) groups excluding carboxylic acids is 2. The molecule has 2 aromatic rings. The Balaban J connectivity index is 1.91. The van der Waals surface area contributed by atoms with Crippen molar-refractivity contribution in [2.75, 3.05) is 6.61 Å². The van der Waals surface area contributed by atoms with Crippen LogP contribution in [0.5, 0.6) is 0 Å². The number of esters is 1. The zero-order chi connectivity index (χ0) is 19.9. The van der Waals surface area contributed by atoms with Crippen LogP contribution in [0, 0.1) is 5.92 Å². The van der Waals surface area contributed by atoms with Gasteiger partial charge in [0.15, 0.2) is 0 Å². The lowest BCUT2D eigenvalue weighted by Gasteiger charge is -2.25. The molecular weight excluding hydrogens is 416 g/mol. The molecule has 0 aliphatic carbocycles. The number of aliphatic hydroxyl groups excluding tert-OH is 1. The van der Waals surface area contributed by atoms with E-state index in [4.69, 9.17) is 9.47 Å². The fourth-order valence-electron chi connectivity index (χ4n) is 3.33. The Bertz CT molecular complexity index is 886. The van der Waals surface area contributed by atoms with Gasteiger partial charge in [0, 0.05) is 23.5 Å². The van der Waals surface area contributed by atoms with Crippen LogP contribution in [0.15, 0.2) is 28.9 Å². The molecule has 27 heavy (non-hydrogen) atoms. The first kappa shape index (κ1) is 19.7. The van der Waals surface area contributed by atoms with Crippen molar-refractivity contribution in [3.05, 3.63) is 34.4 Å². The Morgan fingerprint density at radius 3 is 2.74 bits per heavy atom. The topological polar surface area (TPSA) is 89.8 Å². The van der Waals surface area contributed by atoms with Crippen molar-refractivity contribution in [1.29, 1.82) is 0 Å². The van der Waals surface area contributed by atoms with E-state index in [0.29, 0.717) is 10.2 Å². The summed E-state index contributed by atoms with van der Waals surface area (Å²) in [5, 5.41) is 14.5. The van der Waals surface area contributed by atoms with E-state index < -0.39 is 35.7 Å². The predicted molar refractivity (Wildman–Crippen MR) is 103 cm³/mol. The van der Waals surface area contributed by atoms with Gasteiger partial charge in [-0.05, 0) is 42.8 Å². The van der Waals surface area contributed by atoms with Crippen molar-refractivity contribution in [2.24, 2.45) is 13.0 Å². The summed E-state index contributed by atoms with van der Waals surface area (Å²) in [6.45, 7) is 5.25. The first-order valence-electron chi connectivity index (χ1n) is 8.67. The quantitative estimate of drug-likeness (QED) is 0.718. The lowest BCUT2D eigenvalue weighted by atomic mass is 9.91. The number of nitrogens with zero attached hydrogens (tertiary/aromatic N) is 1. The summed E-state index contributed by atoms with van der Waals surface area (Å²) < 4.78 is 12.9. The number of nitrogens with one attached hydrogen (secondary N) is 1. The van der Waals surface area contributed by atoms with Crippen molar-refractivity contribution in [3.8, 4) is 0 Å². The minimum absolute atomic E-state index is 0.0117. The molecular formula is C19H23BrN2O5. The Morgan fingerprint density at radius 1 is 1.41 bits per heavy atom. The molecule has 1 amide bonds. The van der Waals surface area contributed by atoms with E-state index in [2.05, 4.69) is 21.2 Å². The molecule has 1 fully saturated rings. The van der Waals surface area contributed by atoms with Gasteiger partial charge in [-0.2, -0.15) is 0 Å². The number of aliphatic hydroxyl groups is 1. The summed E-state index contributed by atoms with van der Waals surface area (Å²) in [4.78, 5) is 24.4. The van der Waals surface area contributed by atoms with E-state index in [1.807, 2.05) is 35.9 Å². The second kappa shape index (κ2) is 7.16. The smallest absolute Gasteiger partial charge is 0.408 e. The molecule has 1 aliphatic rings. The summed E-state index contributed by atoms with van der Waals surface area (Å²) in [5.41, 5.74) is 0.842. The normalized spacial score (nSPS) is 21.2. The highest BCUT2D eigenvalue weighted by Gasteiger charge is 2.45. The van der Waals surface area contributed by atoms with Crippen LogP contribution in [-0.4, -0.2) is 40.0 Å². The van der Waals surface area contributed by atoms with Crippen LogP contribution >= 0.6 is 15.9 Å². The number of hydrogen-bond donors (Lipinski definition) is 2. The average Bonchev–Trinajstić information content (AvgIpc) is 3.04. The molecule has 3 atom stereocenters. The summed E-state index contributed by atoms with van der Waals surface area (Å²) in [6, 6.07) is 6.90. The van der Waals surface area contributed by atoms with Crippen LogP contribution in [0.1, 0.15) is 32.4 Å². The number of fused-ring (bicyclic) bond motifs is 1. The van der Waals surface area contributed by atoms with Crippen LogP contribution in [0.25, 0.3) is 10.9 Å². The van der Waals surface area contributed by atoms with Gasteiger partial charge in [-0.15, -0.1) is 0 Å². The number of amides is 1. The van der Waals surface area contributed by atoms with Crippen LogP contribution in [0.3, 0.4) is 0 Å². The van der Waals surface area contributed by atoms with Crippen LogP contribution in [0.4, 0.5) is 4.79 Å². The van der Waals surface area contributed by atoms with E-state index in [0.717, 1.165) is 10.9 Å². The zero-order valence-electron chi connectivity index (χ0n) is 15.7. The Hall–Kier alpha value is -2.06. The molecule has 3 unspecified atom stereocenters. The second-order valence-corrected chi connectivity index (χ2v) is 8.39. The van der Waals surface area contributed by atoms with Gasteiger partial charge in [-0.3, -0.25) is 4.79 Å². The number of hydrogen-bond acceptors (Lipinski definition) is 5. The number of cyclic esters (lactones) is 1. The maximum Gasteiger partial charge on any atom is 0.408 e. The summed E-state index contributed by atoms with van der Waals surface area (Å²) in [6.07, 6.45) is -1.81. The predicted octanol–water partition coefficient (Wildman–Crippen LogP) is 3.04. The first-order chi connectivity index (χ1) is 12.6. The van der Waals surface area contributed by atoms with Crippen molar-refractivity contribution in [1.82, 2.24) is 9.88 Å². The molecule has 0 bridgehead atoms. The van der Waals surface area contributed by atoms with Gasteiger partial charge in [-0.25, -0.2) is 4.79 Å². The van der Waals surface area contributed by atoms with E-state index in [9.17, 15) is 14.7 Å². The average molecular weight is 439 g/mol. The zero-order valence-corrected chi connectivity index (χ0v) is 17.2. The van der Waals surface area contributed by atoms with Crippen LogP contribution in [0.2, 0.25) is 0 Å². The highest BCUT2D eigenvalue weighted by atomic mass is 79.9. The van der Waals surface area contributed by atoms with Crippen LogP contribution < -0.4 is 5.32 Å². The third-order valence-corrected chi connectivity index (χ3v) is 5.48. The molecule has 1 aromatic heterocycles. The molecule has 1 aliphatic heterocycles. The number of halogens is 1. The molecule has 3 rings (SSSR count). The molecule has 146 valence electrons. The minimum Gasteiger partial charge on any atom is -0.463 e. The maximum atomic E-state index is 12.3. The summed E-state index contributed by atoms with van der Waals surface area (Å²) in [7, 11) is 1.87. The SMILES string of the molecule is Cn1c(Br)c(C(O)C2C(=O)OCC2NC(=O)OC(C)(C)C)c2ccccc21. The van der Waals surface area contributed by atoms with Gasteiger partial charge >= 0.3 is 12.1 Å². The molecule has 2 heterocycles. The lowest BCUT2D eigenvalue weighted by Crippen LogP contribution is -2.45. The standard InChI is InChI=1S/C19H23BrN2O5/c1-19(2,3)27-18(25)21-11-9-26-17(24)14(11)15(23)13-10-7-5-6-8-12(10)22(4)16(13)20/h5-8,11,14-15,23H,9H2,1-4H3,(H,21,25). The molecule has 0 saturated carbocycles. The second-order valence-electron chi connectivity index (χ2n) is 7.63. The number of rotatable bonds is 3. The molecule has 2 N–H and O–H groups in total. The van der Waals surface area contributed by atoms with Gasteiger partial charge in [0.25, 0.3) is 0 Å². The Kier molecular flexibility index (Phi) is 5.22. The molecule has 1 saturated heterocycles. The largest absolute Gasteiger partial charge is 0.463 e. The summed E-state index contributed by atoms with van der Waals surface area (Å²) >= 11 is 3.51. The monoisotopic (exact) mass is 438 g/mol. The lowest BCUT2D eigenvalue weighted by molar-refractivity contribution is -0.144. The van der Waals surface area contributed by atoms with Gasteiger partial charge in [-0.1, -0.05) is 18.2 Å². The maximum absolute atomic E-state index is 12.3. The molecule has 0 spiro atoms. The van der Waals surface area contributed by atoms with Crippen molar-refractivity contribution in [2.45, 2.75) is 38.5 Å². The third-order valence-electron chi connectivity index (χ3n) is 4.52. The number of carbonyl (C=O) groups is 2. The number of para-hydroxylation sites is 1. The highest BCUT2D eigenvalue weighted by molar-refractivity contribution is 9.10. The van der Waals surface area contributed by atoms with Crippen molar-refractivity contribution < 1.29 is 24.2 Å². The first-order valence-corrected chi connectivity index (χ1v) is 9.46. The van der Waals surface area contributed by atoms with Crippen molar-refractivity contribution in [3.63, 3.8) is 0 Å². The Labute approximate surface area is 165 Å². The van der Waals surface area contributed by atoms with Gasteiger partial charge in [0.1, 0.15) is 18.1 Å². The van der Waals surface area contributed by atoms with Gasteiger partial charge in [0.2, 0.25) is 0 Å². The van der Waals surface area contributed by atoms with E-state index in [-0.39, 0.29) is 6.61 Å². The number of aryl methyl sites for hydroxylation is 1. The number of alkyl carbamates (subject to hydrolysis) is 1. The molecule has 8 heteroatoms. The van der Waals surface area contributed by atoms with E-state index in [1.54, 1.807) is 20.8 Å². The highest BCUT2D eigenvalue weighted by Crippen LogP contribution is 2.39. The fraction of sp³-hybridized carbons (Fsp3) is 0.474. The molecule has 1 aromatic carbocycles.